The number of benzene rings is 2. The lowest BCUT2D eigenvalue weighted by atomic mass is 9.98. The van der Waals surface area contributed by atoms with Gasteiger partial charge in [0.05, 0.1) is 19.6 Å². The van der Waals surface area contributed by atoms with Gasteiger partial charge in [-0.3, -0.25) is 9.36 Å². The number of carbonyl (C=O) groups is 1. The zero-order chi connectivity index (χ0) is 20.0. The Morgan fingerprint density at radius 2 is 1.57 bits per heavy atom. The fraction of sp³-hybridized carbons (Fsp3) is 0.318. The third-order valence-corrected chi connectivity index (χ3v) is 7.47. The molecule has 28 heavy (non-hydrogen) atoms. The maximum absolute atomic E-state index is 13.8. The minimum absolute atomic E-state index is 0.0683. The quantitative estimate of drug-likeness (QED) is 0.435. The van der Waals surface area contributed by atoms with Gasteiger partial charge in [0.15, 0.2) is 5.28 Å². The van der Waals surface area contributed by atoms with Crippen molar-refractivity contribution in [3.63, 3.8) is 0 Å². The van der Waals surface area contributed by atoms with E-state index in [0.717, 1.165) is 11.1 Å². The highest BCUT2D eigenvalue weighted by Gasteiger charge is 2.63. The van der Waals surface area contributed by atoms with Crippen molar-refractivity contribution in [3.05, 3.63) is 77.9 Å². The molecule has 0 aliphatic carbocycles. The summed E-state index contributed by atoms with van der Waals surface area (Å²) in [6, 6.07) is 19.4. The molecular weight excluding hydrogens is 373 g/mol. The molecule has 0 bridgehead atoms. The second kappa shape index (κ2) is 8.87. The number of hydrogen-bond acceptors (Lipinski definition) is 4. The Kier molecular flexibility index (Phi) is 6.50. The van der Waals surface area contributed by atoms with Crippen LogP contribution in [0.25, 0.3) is 6.08 Å². The topological polar surface area (TPSA) is 55.8 Å². The van der Waals surface area contributed by atoms with E-state index in [-0.39, 0.29) is 25.5 Å². The van der Waals surface area contributed by atoms with Crippen LogP contribution in [0.15, 0.2) is 66.7 Å². The van der Waals surface area contributed by atoms with Gasteiger partial charge in [0.1, 0.15) is 0 Å². The van der Waals surface area contributed by atoms with Gasteiger partial charge < -0.3 is 13.9 Å². The fourth-order valence-corrected chi connectivity index (χ4v) is 5.67. The lowest BCUT2D eigenvalue weighted by Crippen LogP contribution is -2.61. The number of likely N-dealkylation sites (tertiary alicyclic amines) is 1. The van der Waals surface area contributed by atoms with E-state index in [1.807, 2.05) is 72.8 Å². The standard InChI is InChI=1S/C22H26NO4P/c1-3-26-28(25,27-4-2)22(16-15-19-11-7-5-8-12-19)17-21(24)23(22)18-20-13-9-6-10-14-20/h5-16H,3-4,17-18H2,1-2H3/b16-15+. The van der Waals surface area contributed by atoms with E-state index < -0.39 is 12.9 Å². The van der Waals surface area contributed by atoms with Crippen molar-refractivity contribution in [2.75, 3.05) is 13.2 Å². The van der Waals surface area contributed by atoms with Crippen LogP contribution in [0, 0.1) is 0 Å². The SMILES string of the molecule is CCOP(=O)(OCC)C1(/C=C/c2ccccc2)CC(=O)N1Cc1ccccc1. The molecule has 148 valence electrons. The number of β-lactam (4-membered cyclic amide) rings is 1. The van der Waals surface area contributed by atoms with Gasteiger partial charge in [-0.25, -0.2) is 0 Å². The van der Waals surface area contributed by atoms with Crippen LogP contribution in [-0.2, 0) is 25.0 Å². The molecule has 1 fully saturated rings. The fourth-order valence-electron chi connectivity index (χ4n) is 3.41. The Hall–Kier alpha value is -2.20. The first kappa shape index (κ1) is 20.5. The van der Waals surface area contributed by atoms with Gasteiger partial charge in [-0.05, 0) is 31.1 Å². The van der Waals surface area contributed by atoms with E-state index in [4.69, 9.17) is 9.05 Å². The van der Waals surface area contributed by atoms with Crippen molar-refractivity contribution in [2.45, 2.75) is 32.1 Å². The smallest absolute Gasteiger partial charge is 0.317 e. The molecule has 1 aliphatic heterocycles. The van der Waals surface area contributed by atoms with E-state index in [9.17, 15) is 9.36 Å². The van der Waals surface area contributed by atoms with Gasteiger partial charge in [-0.15, -0.1) is 0 Å². The molecule has 1 aliphatic rings. The van der Waals surface area contributed by atoms with Crippen LogP contribution < -0.4 is 0 Å². The molecule has 6 heteroatoms. The average Bonchev–Trinajstić information content (AvgIpc) is 2.71. The molecule has 1 amide bonds. The normalized spacial score (nSPS) is 19.8. The van der Waals surface area contributed by atoms with E-state index in [2.05, 4.69) is 0 Å². The zero-order valence-electron chi connectivity index (χ0n) is 16.3. The molecule has 1 unspecified atom stereocenters. The predicted octanol–water partition coefficient (Wildman–Crippen LogP) is 5.09. The van der Waals surface area contributed by atoms with E-state index >= 15 is 0 Å². The van der Waals surface area contributed by atoms with Crippen LogP contribution in [-0.4, -0.2) is 29.3 Å². The first-order valence-corrected chi connectivity index (χ1v) is 11.1. The largest absolute Gasteiger partial charge is 0.360 e. The maximum atomic E-state index is 13.8. The van der Waals surface area contributed by atoms with Crippen LogP contribution in [0.4, 0.5) is 0 Å². The third kappa shape index (κ3) is 3.97. The summed E-state index contributed by atoms with van der Waals surface area (Å²) in [7, 11) is -3.60. The van der Waals surface area contributed by atoms with E-state index in [0.29, 0.717) is 6.54 Å². The van der Waals surface area contributed by atoms with Gasteiger partial charge in [0, 0.05) is 6.54 Å². The molecule has 0 aromatic heterocycles. The zero-order valence-corrected chi connectivity index (χ0v) is 17.2. The third-order valence-electron chi connectivity index (χ3n) is 4.78. The number of rotatable bonds is 9. The van der Waals surface area contributed by atoms with Crippen LogP contribution in [0.3, 0.4) is 0 Å². The summed E-state index contributed by atoms with van der Waals surface area (Å²) in [4.78, 5) is 14.2. The first-order chi connectivity index (χ1) is 13.5. The molecule has 3 rings (SSSR count). The summed E-state index contributed by atoms with van der Waals surface area (Å²) >= 11 is 0. The summed E-state index contributed by atoms with van der Waals surface area (Å²) < 4.78 is 25.1. The number of nitrogens with zero attached hydrogens (tertiary/aromatic N) is 1. The lowest BCUT2D eigenvalue weighted by molar-refractivity contribution is -0.148. The van der Waals surface area contributed by atoms with Crippen LogP contribution in [0.5, 0.6) is 0 Å². The first-order valence-electron chi connectivity index (χ1n) is 9.52. The number of hydrogen-bond donors (Lipinski definition) is 0. The highest BCUT2D eigenvalue weighted by atomic mass is 31.2. The van der Waals surface area contributed by atoms with Crippen molar-refractivity contribution in [1.82, 2.24) is 4.90 Å². The van der Waals surface area contributed by atoms with Crippen molar-refractivity contribution >= 4 is 19.6 Å². The minimum atomic E-state index is -3.60. The summed E-state index contributed by atoms with van der Waals surface area (Å²) in [6.07, 6.45) is 3.80. The second-order valence-electron chi connectivity index (χ2n) is 6.60. The molecule has 1 atom stereocenters. The predicted molar refractivity (Wildman–Crippen MR) is 111 cm³/mol. The Bertz CT molecular complexity index is 859. The van der Waals surface area contributed by atoms with Crippen LogP contribution in [0.1, 0.15) is 31.4 Å². The highest BCUT2D eigenvalue weighted by Crippen LogP contribution is 2.67. The molecule has 0 saturated carbocycles. The molecule has 0 spiro atoms. The van der Waals surface area contributed by atoms with Crippen molar-refractivity contribution in [1.29, 1.82) is 0 Å². The van der Waals surface area contributed by atoms with Gasteiger partial charge in [0.25, 0.3) is 0 Å². The maximum Gasteiger partial charge on any atom is 0.360 e. The van der Waals surface area contributed by atoms with Gasteiger partial charge in [-0.1, -0.05) is 66.7 Å². The lowest BCUT2D eigenvalue weighted by Gasteiger charge is -2.52. The van der Waals surface area contributed by atoms with Crippen LogP contribution >= 0.6 is 7.60 Å². The summed E-state index contributed by atoms with van der Waals surface area (Å²) in [6.45, 7) is 4.39. The number of carbonyl (C=O) groups excluding carboxylic acids is 1. The van der Waals surface area contributed by atoms with Crippen molar-refractivity contribution in [3.8, 4) is 0 Å². The highest BCUT2D eigenvalue weighted by molar-refractivity contribution is 7.56. The van der Waals surface area contributed by atoms with Gasteiger partial charge in [-0.2, -0.15) is 0 Å². The van der Waals surface area contributed by atoms with Crippen LogP contribution in [0.2, 0.25) is 0 Å². The van der Waals surface area contributed by atoms with Crippen molar-refractivity contribution < 1.29 is 18.4 Å². The number of amides is 1. The molecule has 1 saturated heterocycles. The average molecular weight is 399 g/mol. The molecule has 1 heterocycles. The molecule has 2 aromatic rings. The minimum Gasteiger partial charge on any atom is -0.317 e. The Morgan fingerprint density at radius 3 is 2.11 bits per heavy atom. The Morgan fingerprint density at radius 1 is 1.00 bits per heavy atom. The Balaban J connectivity index is 2.02. The summed E-state index contributed by atoms with van der Waals surface area (Å²) in [5, 5.41) is -1.11. The molecule has 5 nitrogen and oxygen atoms in total. The van der Waals surface area contributed by atoms with Crippen molar-refractivity contribution in [2.24, 2.45) is 0 Å². The second-order valence-corrected chi connectivity index (χ2v) is 8.88. The summed E-state index contributed by atoms with van der Waals surface area (Å²) in [5.41, 5.74) is 1.92. The monoisotopic (exact) mass is 399 g/mol. The molecule has 2 aromatic carbocycles. The van der Waals surface area contributed by atoms with E-state index in [1.54, 1.807) is 18.7 Å². The molecular formula is C22H26NO4P. The van der Waals surface area contributed by atoms with Gasteiger partial charge >= 0.3 is 7.60 Å². The molecule has 0 radical (unpaired) electrons. The van der Waals surface area contributed by atoms with Gasteiger partial charge in [0.2, 0.25) is 5.91 Å². The Labute approximate surface area is 166 Å². The molecule has 0 N–H and O–H groups in total. The summed E-state index contributed by atoms with van der Waals surface area (Å²) in [5.74, 6) is -0.0683. The van der Waals surface area contributed by atoms with E-state index in [1.165, 1.54) is 0 Å².